The number of nitrogens with one attached hydrogen (secondary N) is 2. The molecular formula is C12H14ClF2N3O2. The number of benzene rings is 1. The first-order valence-corrected chi connectivity index (χ1v) is 6.04. The Kier molecular flexibility index (Phi) is 5.26. The second-order valence-corrected chi connectivity index (χ2v) is 4.68. The average Bonchev–Trinajstić information content (AvgIpc) is 2.35. The number of halogens is 3. The summed E-state index contributed by atoms with van der Waals surface area (Å²) in [6.45, 7) is -0.542. The monoisotopic (exact) mass is 305 g/mol. The first-order chi connectivity index (χ1) is 9.19. The van der Waals surface area contributed by atoms with Gasteiger partial charge in [-0.15, -0.1) is 0 Å². The second kappa shape index (κ2) is 6.51. The molecule has 0 aliphatic carbocycles. The van der Waals surface area contributed by atoms with Gasteiger partial charge < -0.3 is 16.4 Å². The molecule has 0 aliphatic rings. The zero-order chi connectivity index (χ0) is 15.3. The maximum absolute atomic E-state index is 12.5. The van der Waals surface area contributed by atoms with Crippen LogP contribution in [0.3, 0.4) is 0 Å². The van der Waals surface area contributed by atoms with Crippen molar-refractivity contribution >= 4 is 29.1 Å². The number of carbonyl (C=O) groups is 2. The quantitative estimate of drug-likeness (QED) is 0.719. The highest BCUT2D eigenvalue weighted by atomic mass is 35.5. The van der Waals surface area contributed by atoms with Crippen LogP contribution in [0.4, 0.5) is 14.5 Å². The fourth-order valence-electron chi connectivity index (χ4n) is 1.29. The Bertz CT molecular complexity index is 518. The standard InChI is InChI=1S/C12H14ClF2N3O2/c1-12(14,15)6-18-10(19)5-17-11(20)8-4-7(16)2-3-9(8)13/h2-4H,5-6,16H2,1H3,(H,17,20)(H,18,19). The minimum Gasteiger partial charge on any atom is -0.399 e. The molecule has 0 unspecified atom stereocenters. The van der Waals surface area contributed by atoms with E-state index in [9.17, 15) is 18.4 Å². The Hall–Kier alpha value is -1.89. The van der Waals surface area contributed by atoms with Gasteiger partial charge in [-0.1, -0.05) is 11.6 Å². The molecule has 1 aromatic rings. The topological polar surface area (TPSA) is 84.2 Å². The lowest BCUT2D eigenvalue weighted by molar-refractivity contribution is -0.121. The van der Waals surface area contributed by atoms with Crippen molar-refractivity contribution in [3.63, 3.8) is 0 Å². The molecule has 4 N–H and O–H groups in total. The molecule has 0 aromatic heterocycles. The van der Waals surface area contributed by atoms with Crippen molar-refractivity contribution in [2.75, 3.05) is 18.8 Å². The SMILES string of the molecule is CC(F)(F)CNC(=O)CNC(=O)c1cc(N)ccc1Cl. The molecule has 0 fully saturated rings. The van der Waals surface area contributed by atoms with E-state index < -0.39 is 30.8 Å². The highest BCUT2D eigenvalue weighted by Crippen LogP contribution is 2.18. The van der Waals surface area contributed by atoms with Crippen molar-refractivity contribution in [2.45, 2.75) is 12.8 Å². The Balaban J connectivity index is 2.51. The fraction of sp³-hybridized carbons (Fsp3) is 0.333. The lowest BCUT2D eigenvalue weighted by atomic mass is 10.2. The van der Waals surface area contributed by atoms with Gasteiger partial charge >= 0.3 is 0 Å². The predicted octanol–water partition coefficient (Wildman–Crippen LogP) is 1.42. The van der Waals surface area contributed by atoms with Crippen LogP contribution < -0.4 is 16.4 Å². The normalized spacial score (nSPS) is 11.0. The summed E-state index contributed by atoms with van der Waals surface area (Å²) in [7, 11) is 0. The van der Waals surface area contributed by atoms with Gasteiger partial charge in [-0.05, 0) is 18.2 Å². The minimum absolute atomic E-state index is 0.111. The lowest BCUT2D eigenvalue weighted by Crippen LogP contribution is -2.41. The van der Waals surface area contributed by atoms with Gasteiger partial charge in [0.1, 0.15) is 0 Å². The second-order valence-electron chi connectivity index (χ2n) is 4.27. The summed E-state index contributed by atoms with van der Waals surface area (Å²) in [6.07, 6.45) is 0. The van der Waals surface area contributed by atoms with Gasteiger partial charge in [0.2, 0.25) is 5.91 Å². The van der Waals surface area contributed by atoms with E-state index in [1.54, 1.807) is 0 Å². The van der Waals surface area contributed by atoms with Gasteiger partial charge in [0.15, 0.2) is 0 Å². The van der Waals surface area contributed by atoms with Crippen LogP contribution in [0.2, 0.25) is 5.02 Å². The largest absolute Gasteiger partial charge is 0.399 e. The zero-order valence-corrected chi connectivity index (χ0v) is 11.4. The minimum atomic E-state index is -3.00. The van der Waals surface area contributed by atoms with Crippen molar-refractivity contribution in [3.05, 3.63) is 28.8 Å². The van der Waals surface area contributed by atoms with E-state index in [-0.39, 0.29) is 10.6 Å². The summed E-state index contributed by atoms with van der Waals surface area (Å²) in [6, 6.07) is 4.33. The molecule has 0 heterocycles. The van der Waals surface area contributed by atoms with Gasteiger partial charge in [-0.2, -0.15) is 0 Å². The number of hydrogen-bond acceptors (Lipinski definition) is 3. The van der Waals surface area contributed by atoms with Gasteiger partial charge in [0.25, 0.3) is 11.8 Å². The van der Waals surface area contributed by atoms with Crippen molar-refractivity contribution in [2.24, 2.45) is 0 Å². The van der Waals surface area contributed by atoms with Crippen molar-refractivity contribution in [3.8, 4) is 0 Å². The smallest absolute Gasteiger partial charge is 0.262 e. The van der Waals surface area contributed by atoms with Crippen LogP contribution in [0.5, 0.6) is 0 Å². The molecule has 1 rings (SSSR count). The summed E-state index contributed by atoms with van der Waals surface area (Å²) in [5.74, 6) is -4.34. The number of rotatable bonds is 5. The van der Waals surface area contributed by atoms with Crippen LogP contribution in [0.25, 0.3) is 0 Å². The third-order valence-electron chi connectivity index (χ3n) is 2.24. The van der Waals surface area contributed by atoms with Gasteiger partial charge in [-0.25, -0.2) is 8.78 Å². The number of carbonyl (C=O) groups excluding carboxylic acids is 2. The van der Waals surface area contributed by atoms with Crippen LogP contribution in [0.1, 0.15) is 17.3 Å². The molecule has 0 saturated carbocycles. The Morgan fingerprint density at radius 1 is 1.35 bits per heavy atom. The molecule has 8 heteroatoms. The summed E-state index contributed by atoms with van der Waals surface area (Å²) in [5.41, 5.74) is 5.97. The summed E-state index contributed by atoms with van der Waals surface area (Å²) < 4.78 is 25.0. The molecule has 0 radical (unpaired) electrons. The molecule has 0 atom stereocenters. The summed E-state index contributed by atoms with van der Waals surface area (Å²) >= 11 is 5.81. The summed E-state index contributed by atoms with van der Waals surface area (Å²) in [5, 5.41) is 4.44. The number of anilines is 1. The molecule has 20 heavy (non-hydrogen) atoms. The number of hydrogen-bond donors (Lipinski definition) is 3. The molecule has 0 saturated heterocycles. The molecule has 2 amide bonds. The number of nitrogens with two attached hydrogens (primary N) is 1. The maximum atomic E-state index is 12.5. The Morgan fingerprint density at radius 3 is 2.60 bits per heavy atom. The maximum Gasteiger partial charge on any atom is 0.262 e. The molecule has 110 valence electrons. The van der Waals surface area contributed by atoms with E-state index in [1.165, 1.54) is 18.2 Å². The van der Waals surface area contributed by atoms with E-state index in [0.717, 1.165) is 0 Å². The van der Waals surface area contributed by atoms with E-state index in [4.69, 9.17) is 17.3 Å². The van der Waals surface area contributed by atoms with E-state index >= 15 is 0 Å². The number of amides is 2. The zero-order valence-electron chi connectivity index (χ0n) is 10.7. The first-order valence-electron chi connectivity index (χ1n) is 5.67. The van der Waals surface area contributed by atoms with E-state index in [2.05, 4.69) is 5.32 Å². The van der Waals surface area contributed by atoms with Gasteiger partial charge in [0.05, 0.1) is 23.7 Å². The predicted molar refractivity (Wildman–Crippen MR) is 71.8 cm³/mol. The highest BCUT2D eigenvalue weighted by Gasteiger charge is 2.21. The molecule has 0 aliphatic heterocycles. The molecule has 0 spiro atoms. The van der Waals surface area contributed by atoms with Crippen LogP contribution >= 0.6 is 11.6 Å². The fourth-order valence-corrected chi connectivity index (χ4v) is 1.49. The van der Waals surface area contributed by atoms with Crippen molar-refractivity contribution < 1.29 is 18.4 Å². The lowest BCUT2D eigenvalue weighted by Gasteiger charge is -2.12. The number of nitrogen functional groups attached to an aromatic ring is 1. The average molecular weight is 306 g/mol. The van der Waals surface area contributed by atoms with Crippen LogP contribution in [0.15, 0.2) is 18.2 Å². The molecule has 0 bridgehead atoms. The first kappa shape index (κ1) is 16.2. The summed E-state index contributed by atoms with van der Waals surface area (Å²) in [4.78, 5) is 23.0. The van der Waals surface area contributed by atoms with Crippen LogP contribution in [-0.2, 0) is 4.79 Å². The highest BCUT2D eigenvalue weighted by molar-refractivity contribution is 6.34. The van der Waals surface area contributed by atoms with E-state index in [1.807, 2.05) is 5.32 Å². The molecule has 5 nitrogen and oxygen atoms in total. The van der Waals surface area contributed by atoms with Crippen LogP contribution in [0, 0.1) is 0 Å². The molecular weight excluding hydrogens is 292 g/mol. The van der Waals surface area contributed by atoms with Crippen molar-refractivity contribution in [1.29, 1.82) is 0 Å². The Labute approximate surface area is 119 Å². The van der Waals surface area contributed by atoms with E-state index in [0.29, 0.717) is 12.6 Å². The third-order valence-corrected chi connectivity index (χ3v) is 2.57. The molecule has 1 aromatic carbocycles. The van der Waals surface area contributed by atoms with Gasteiger partial charge in [0, 0.05) is 12.6 Å². The Morgan fingerprint density at radius 2 is 2.00 bits per heavy atom. The van der Waals surface area contributed by atoms with Crippen molar-refractivity contribution in [1.82, 2.24) is 10.6 Å². The third kappa shape index (κ3) is 5.40. The van der Waals surface area contributed by atoms with Crippen LogP contribution in [-0.4, -0.2) is 30.8 Å². The van der Waals surface area contributed by atoms with Gasteiger partial charge in [-0.3, -0.25) is 9.59 Å². The number of alkyl halides is 2.